The van der Waals surface area contributed by atoms with Crippen molar-refractivity contribution in [2.45, 2.75) is 0 Å². The molecule has 0 saturated heterocycles. The summed E-state index contributed by atoms with van der Waals surface area (Å²) < 4.78 is 9.94. The van der Waals surface area contributed by atoms with Crippen molar-refractivity contribution < 1.29 is 0 Å². The Hall–Kier alpha value is -6.69. The van der Waals surface area contributed by atoms with Crippen LogP contribution in [0.3, 0.4) is 0 Å². The Bertz CT molecular complexity index is 3360. The number of para-hydroxylation sites is 3. The maximum absolute atomic E-state index is 4.63. The van der Waals surface area contributed by atoms with Crippen LogP contribution in [0.5, 0.6) is 0 Å². The molecule has 0 saturated carbocycles. The summed E-state index contributed by atoms with van der Waals surface area (Å²) in [5.74, 6) is 0. The molecule has 5 heterocycles. The van der Waals surface area contributed by atoms with Gasteiger partial charge in [0.2, 0.25) is 0 Å². The van der Waals surface area contributed by atoms with Gasteiger partial charge in [-0.3, -0.25) is 4.98 Å². The summed E-state index contributed by atoms with van der Waals surface area (Å²) in [5.41, 5.74) is 10.5. The van der Waals surface area contributed by atoms with Crippen molar-refractivity contribution in [1.29, 1.82) is 0 Å². The fraction of sp³-hybridized carbons (Fsp3) is 0. The van der Waals surface area contributed by atoms with Crippen LogP contribution < -0.4 is 0 Å². The second-order valence-electron chi connectivity index (χ2n) is 13.6. The topological polar surface area (TPSA) is 27.7 Å². The predicted molar refractivity (Wildman–Crippen MR) is 220 cm³/mol. The molecule has 0 radical (unpaired) electrons. The summed E-state index contributed by atoms with van der Waals surface area (Å²) in [7, 11) is 0. The van der Waals surface area contributed by atoms with Gasteiger partial charge in [0.25, 0.3) is 0 Å². The molecule has 0 N–H and O–H groups in total. The first-order chi connectivity index (χ1) is 25.8. The minimum atomic E-state index is 1.07. The van der Waals surface area contributed by atoms with Crippen molar-refractivity contribution in [1.82, 2.24) is 18.9 Å². The van der Waals surface area contributed by atoms with Crippen LogP contribution in [-0.4, -0.2) is 18.9 Å². The molecular formula is C47H28N4S. The number of benzene rings is 7. The Labute approximate surface area is 301 Å². The summed E-state index contributed by atoms with van der Waals surface area (Å²) in [4.78, 5) is 4.63. The number of aromatic nitrogens is 4. The lowest BCUT2D eigenvalue weighted by atomic mass is 10.0. The molecule has 52 heavy (non-hydrogen) atoms. The molecule has 0 spiro atoms. The van der Waals surface area contributed by atoms with Gasteiger partial charge in [0.05, 0.1) is 39.3 Å². The van der Waals surface area contributed by atoms with Gasteiger partial charge in [0.15, 0.2) is 0 Å². The van der Waals surface area contributed by atoms with E-state index >= 15 is 0 Å². The minimum absolute atomic E-state index is 1.07. The molecule has 0 amide bonds. The quantitative estimate of drug-likeness (QED) is 0.182. The highest BCUT2D eigenvalue weighted by Gasteiger charge is 2.23. The van der Waals surface area contributed by atoms with E-state index in [1.54, 1.807) is 0 Å². The third kappa shape index (κ3) is 3.67. The summed E-state index contributed by atoms with van der Waals surface area (Å²) in [6, 6.07) is 57.7. The van der Waals surface area contributed by atoms with E-state index in [0.29, 0.717) is 0 Å². The number of rotatable bonds is 3. The van der Waals surface area contributed by atoms with Gasteiger partial charge in [-0.2, -0.15) is 0 Å². The van der Waals surface area contributed by atoms with Crippen LogP contribution in [0.25, 0.3) is 102 Å². The molecule has 12 aromatic rings. The van der Waals surface area contributed by atoms with Gasteiger partial charge in [-0.25, -0.2) is 9.35 Å². The van der Waals surface area contributed by atoms with Crippen molar-refractivity contribution >= 4 is 96.9 Å². The molecule has 0 aliphatic rings. The van der Waals surface area contributed by atoms with Crippen LogP contribution in [0.4, 0.5) is 0 Å². The lowest BCUT2D eigenvalue weighted by Crippen LogP contribution is -2.09. The molecule has 0 atom stereocenters. The van der Waals surface area contributed by atoms with E-state index in [9.17, 15) is 0 Å². The Kier molecular flexibility index (Phi) is 5.62. The van der Waals surface area contributed by atoms with Gasteiger partial charge in [-0.15, -0.1) is 11.3 Å². The van der Waals surface area contributed by atoms with Crippen LogP contribution in [0, 0.1) is 0 Å². The highest BCUT2D eigenvalue weighted by Crippen LogP contribution is 2.43. The van der Waals surface area contributed by atoms with Crippen molar-refractivity contribution in [3.8, 4) is 16.8 Å². The van der Waals surface area contributed by atoms with Crippen LogP contribution >= 0.6 is 11.3 Å². The van der Waals surface area contributed by atoms with E-state index in [4.69, 9.17) is 0 Å². The van der Waals surface area contributed by atoms with Crippen LogP contribution in [0.2, 0.25) is 0 Å². The average molecular weight is 681 g/mol. The van der Waals surface area contributed by atoms with E-state index in [-0.39, 0.29) is 0 Å². The van der Waals surface area contributed by atoms with E-state index in [2.05, 4.69) is 177 Å². The number of hydrogen-bond donors (Lipinski definition) is 0. The minimum Gasteiger partial charge on any atom is -0.307 e. The highest BCUT2D eigenvalue weighted by molar-refractivity contribution is 7.26. The van der Waals surface area contributed by atoms with Crippen molar-refractivity contribution in [3.63, 3.8) is 0 Å². The molecule has 7 aromatic carbocycles. The summed E-state index contributed by atoms with van der Waals surface area (Å²) in [6.07, 6.45) is 3.90. The molecule has 0 fully saturated rings. The zero-order valence-electron chi connectivity index (χ0n) is 27.9. The van der Waals surface area contributed by atoms with E-state index in [1.807, 2.05) is 23.7 Å². The lowest BCUT2D eigenvalue weighted by Gasteiger charge is -2.15. The fourth-order valence-electron chi connectivity index (χ4n) is 8.73. The Morgan fingerprint density at radius 3 is 1.79 bits per heavy atom. The first kappa shape index (κ1) is 28.1. The number of fused-ring (bicyclic) bond motifs is 13. The molecule has 4 nitrogen and oxygen atoms in total. The zero-order valence-corrected chi connectivity index (χ0v) is 28.7. The average Bonchev–Trinajstić information content (AvgIpc) is 3.94. The number of thiophene rings is 1. The molecule has 0 aliphatic carbocycles. The van der Waals surface area contributed by atoms with E-state index < -0.39 is 0 Å². The summed E-state index contributed by atoms with van der Waals surface area (Å²) in [5, 5.41) is 9.94. The summed E-state index contributed by atoms with van der Waals surface area (Å²) >= 11 is 1.88. The molecular weight excluding hydrogens is 653 g/mol. The van der Waals surface area contributed by atoms with Gasteiger partial charge in [-0.05, 0) is 53.6 Å². The van der Waals surface area contributed by atoms with Crippen molar-refractivity contribution in [2.75, 3.05) is 0 Å². The Morgan fingerprint density at radius 2 is 1.00 bits per heavy atom. The monoisotopic (exact) mass is 680 g/mol. The number of hydrogen-bond acceptors (Lipinski definition) is 2. The van der Waals surface area contributed by atoms with Crippen LogP contribution in [0.15, 0.2) is 170 Å². The zero-order chi connectivity index (χ0) is 33.9. The van der Waals surface area contributed by atoms with Gasteiger partial charge in [0, 0.05) is 64.4 Å². The summed E-state index contributed by atoms with van der Waals surface area (Å²) in [6.45, 7) is 0. The number of nitrogens with zero attached hydrogens (tertiary/aromatic N) is 4. The smallest absolute Gasteiger partial charge is 0.0963 e. The third-order valence-corrected chi connectivity index (χ3v) is 12.2. The fourth-order valence-corrected chi connectivity index (χ4v) is 9.97. The molecule has 12 rings (SSSR count). The maximum atomic E-state index is 4.63. The van der Waals surface area contributed by atoms with E-state index in [0.717, 1.165) is 22.2 Å². The molecule has 0 aliphatic heterocycles. The molecule has 0 unspecified atom stereocenters. The first-order valence-corrected chi connectivity index (χ1v) is 18.5. The molecule has 0 bridgehead atoms. The predicted octanol–water partition coefficient (Wildman–Crippen LogP) is 12.7. The molecule has 242 valence electrons. The molecule has 5 aromatic heterocycles. The standard InChI is InChI=1S/C47H28N4S/c1-5-16-40-33(11-1)37-24-25-38-34-12-3-7-18-42(34)51(50-41-17-6-2-10-32(41)35-26-27-48-28-43(35)50)46(38)45(37)49(40)30-22-20-29(21-23-30)31-14-9-15-39-36-13-4-8-19-44(36)52-47(31)39/h1-28H. The Morgan fingerprint density at radius 1 is 0.404 bits per heavy atom. The molecule has 5 heteroatoms. The van der Waals surface area contributed by atoms with Gasteiger partial charge < -0.3 is 4.57 Å². The first-order valence-electron chi connectivity index (χ1n) is 17.6. The van der Waals surface area contributed by atoms with Crippen molar-refractivity contribution in [2.24, 2.45) is 0 Å². The second-order valence-corrected chi connectivity index (χ2v) is 14.6. The third-order valence-electron chi connectivity index (χ3n) is 10.9. The van der Waals surface area contributed by atoms with Gasteiger partial charge >= 0.3 is 0 Å². The normalized spacial score (nSPS) is 12.2. The number of pyridine rings is 1. The van der Waals surface area contributed by atoms with Crippen LogP contribution in [0.1, 0.15) is 0 Å². The van der Waals surface area contributed by atoms with Crippen LogP contribution in [-0.2, 0) is 0 Å². The van der Waals surface area contributed by atoms with Gasteiger partial charge in [-0.1, -0.05) is 115 Å². The Balaban J connectivity index is 1.18. The lowest BCUT2D eigenvalue weighted by molar-refractivity contribution is 0.774. The van der Waals surface area contributed by atoms with Gasteiger partial charge in [0.1, 0.15) is 0 Å². The van der Waals surface area contributed by atoms with E-state index in [1.165, 1.54) is 80.2 Å². The maximum Gasteiger partial charge on any atom is 0.0963 e. The highest BCUT2D eigenvalue weighted by atomic mass is 32.1. The largest absolute Gasteiger partial charge is 0.307 e. The SMILES string of the molecule is c1ccc2c(c1)sc1c(-c3ccc(-n4c5ccccc5c5ccc6c7ccccc7n(-n7c8ccccc8c8ccncc87)c6c54)cc3)cccc12. The van der Waals surface area contributed by atoms with Crippen molar-refractivity contribution in [3.05, 3.63) is 170 Å². The second kappa shape index (κ2) is 10.4.